The molecular formula is C18H22N4O4. The van der Waals surface area contributed by atoms with Crippen molar-refractivity contribution < 1.29 is 19.5 Å². The number of amides is 2. The van der Waals surface area contributed by atoms with Crippen LogP contribution in [-0.4, -0.2) is 57.9 Å². The third-order valence-corrected chi connectivity index (χ3v) is 4.74. The van der Waals surface area contributed by atoms with Gasteiger partial charge < -0.3 is 26.0 Å². The molecular weight excluding hydrogens is 336 g/mol. The lowest BCUT2D eigenvalue weighted by Gasteiger charge is -2.27. The zero-order valence-corrected chi connectivity index (χ0v) is 14.3. The Hall–Kier alpha value is -2.87. The molecule has 0 radical (unpaired) electrons. The van der Waals surface area contributed by atoms with Crippen molar-refractivity contribution in [2.75, 3.05) is 13.1 Å². The molecule has 1 saturated heterocycles. The number of aromatic nitrogens is 1. The molecule has 2 heterocycles. The molecule has 2 amide bonds. The first kappa shape index (κ1) is 17.9. The zero-order valence-electron chi connectivity index (χ0n) is 14.3. The van der Waals surface area contributed by atoms with E-state index >= 15 is 0 Å². The molecule has 0 unspecified atom stereocenters. The minimum Gasteiger partial charge on any atom is -0.480 e. The summed E-state index contributed by atoms with van der Waals surface area (Å²) in [6.45, 7) is 0.138. The number of nitrogens with two attached hydrogens (primary N) is 1. The average molecular weight is 358 g/mol. The van der Waals surface area contributed by atoms with Gasteiger partial charge >= 0.3 is 5.97 Å². The molecule has 0 aliphatic carbocycles. The Balaban J connectivity index is 1.86. The molecule has 1 aliphatic heterocycles. The Morgan fingerprint density at radius 3 is 2.85 bits per heavy atom. The van der Waals surface area contributed by atoms with Crippen LogP contribution in [0.5, 0.6) is 0 Å². The molecule has 8 nitrogen and oxygen atoms in total. The van der Waals surface area contributed by atoms with Crippen LogP contribution in [0.25, 0.3) is 10.9 Å². The van der Waals surface area contributed by atoms with Gasteiger partial charge in [-0.1, -0.05) is 18.2 Å². The molecule has 3 rings (SSSR count). The zero-order chi connectivity index (χ0) is 18.7. The summed E-state index contributed by atoms with van der Waals surface area (Å²) >= 11 is 0. The Morgan fingerprint density at radius 1 is 1.35 bits per heavy atom. The van der Waals surface area contributed by atoms with E-state index in [-0.39, 0.29) is 18.9 Å². The molecule has 1 aromatic carbocycles. The number of hydrogen-bond donors (Lipinski definition) is 4. The minimum absolute atomic E-state index is 0.236. The summed E-state index contributed by atoms with van der Waals surface area (Å²) in [7, 11) is 0. The normalized spacial score (nSPS) is 18.0. The van der Waals surface area contributed by atoms with Crippen molar-refractivity contribution in [2.24, 2.45) is 5.73 Å². The number of rotatable bonds is 6. The number of hydrogen-bond acceptors (Lipinski definition) is 4. The van der Waals surface area contributed by atoms with Crippen molar-refractivity contribution in [1.82, 2.24) is 15.2 Å². The number of carbonyl (C=O) groups excluding carboxylic acids is 2. The first-order valence-corrected chi connectivity index (χ1v) is 8.59. The maximum atomic E-state index is 13.0. The van der Waals surface area contributed by atoms with Crippen molar-refractivity contribution in [3.8, 4) is 0 Å². The van der Waals surface area contributed by atoms with E-state index in [4.69, 9.17) is 5.73 Å². The van der Waals surface area contributed by atoms with Gasteiger partial charge in [0.15, 0.2) is 0 Å². The second kappa shape index (κ2) is 7.57. The van der Waals surface area contributed by atoms with Crippen LogP contribution in [0.15, 0.2) is 30.5 Å². The van der Waals surface area contributed by atoms with Crippen LogP contribution in [0.3, 0.4) is 0 Å². The second-order valence-corrected chi connectivity index (χ2v) is 6.42. The fraction of sp³-hybridized carbons (Fsp3) is 0.389. The van der Waals surface area contributed by atoms with Crippen molar-refractivity contribution in [3.63, 3.8) is 0 Å². The molecule has 5 N–H and O–H groups in total. The van der Waals surface area contributed by atoms with Crippen LogP contribution in [-0.2, 0) is 20.8 Å². The van der Waals surface area contributed by atoms with Crippen LogP contribution in [0.1, 0.15) is 18.4 Å². The van der Waals surface area contributed by atoms with Gasteiger partial charge in [-0.15, -0.1) is 0 Å². The van der Waals surface area contributed by atoms with Crippen molar-refractivity contribution in [2.45, 2.75) is 31.3 Å². The monoisotopic (exact) mass is 358 g/mol. The van der Waals surface area contributed by atoms with Gasteiger partial charge in [0.25, 0.3) is 0 Å². The first-order valence-electron chi connectivity index (χ1n) is 8.59. The van der Waals surface area contributed by atoms with Gasteiger partial charge in [-0.2, -0.15) is 0 Å². The van der Waals surface area contributed by atoms with E-state index in [1.165, 1.54) is 4.90 Å². The lowest BCUT2D eigenvalue weighted by molar-refractivity contribution is -0.149. The average Bonchev–Trinajstić information content (AvgIpc) is 3.28. The lowest BCUT2D eigenvalue weighted by Crippen LogP contribution is -2.53. The number of nitrogens with zero attached hydrogens (tertiary/aromatic N) is 1. The molecule has 8 heteroatoms. The van der Waals surface area contributed by atoms with Crippen molar-refractivity contribution in [3.05, 3.63) is 36.0 Å². The molecule has 0 spiro atoms. The van der Waals surface area contributed by atoms with Crippen molar-refractivity contribution in [1.29, 1.82) is 0 Å². The third kappa shape index (κ3) is 3.55. The van der Waals surface area contributed by atoms with E-state index in [1.807, 2.05) is 24.3 Å². The summed E-state index contributed by atoms with van der Waals surface area (Å²) in [5.74, 6) is -1.86. The van der Waals surface area contributed by atoms with E-state index < -0.39 is 24.0 Å². The molecule has 2 aromatic rings. The summed E-state index contributed by atoms with van der Waals surface area (Å²) in [4.78, 5) is 40.7. The summed E-state index contributed by atoms with van der Waals surface area (Å²) < 4.78 is 0. The van der Waals surface area contributed by atoms with E-state index in [1.54, 1.807) is 6.20 Å². The Morgan fingerprint density at radius 2 is 2.12 bits per heavy atom. The van der Waals surface area contributed by atoms with Crippen LogP contribution in [0, 0.1) is 0 Å². The first-order chi connectivity index (χ1) is 12.5. The summed E-state index contributed by atoms with van der Waals surface area (Å²) in [5.41, 5.74) is 7.19. The van der Waals surface area contributed by atoms with Gasteiger partial charge in [0, 0.05) is 30.1 Å². The topological polar surface area (TPSA) is 129 Å². The summed E-state index contributed by atoms with van der Waals surface area (Å²) in [6, 6.07) is 5.96. The fourth-order valence-electron chi connectivity index (χ4n) is 3.46. The number of aromatic amines is 1. The standard InChI is InChI=1S/C18H22N4O4/c19-9-16(23)21-14(17(24)22-7-3-6-15(22)18(25)26)8-11-10-20-13-5-2-1-4-12(11)13/h1-2,4-5,10,14-15,20H,3,6-9,19H2,(H,21,23)(H,25,26)/t14-,15+/m0/s1. The number of carbonyl (C=O) groups is 3. The van der Waals surface area contributed by atoms with Crippen LogP contribution < -0.4 is 11.1 Å². The van der Waals surface area contributed by atoms with E-state index in [0.717, 1.165) is 16.5 Å². The maximum absolute atomic E-state index is 13.0. The molecule has 138 valence electrons. The highest BCUT2D eigenvalue weighted by molar-refractivity contribution is 5.92. The number of para-hydroxylation sites is 1. The number of nitrogens with one attached hydrogen (secondary N) is 2. The fourth-order valence-corrected chi connectivity index (χ4v) is 3.46. The van der Waals surface area contributed by atoms with Crippen LogP contribution >= 0.6 is 0 Å². The second-order valence-electron chi connectivity index (χ2n) is 6.42. The number of carboxylic acids is 1. The molecule has 0 bridgehead atoms. The van der Waals surface area contributed by atoms with Gasteiger partial charge in [0.05, 0.1) is 6.54 Å². The predicted octanol–water partition coefficient (Wildman–Crippen LogP) is 0.230. The molecule has 0 saturated carbocycles. The summed E-state index contributed by atoms with van der Waals surface area (Å²) in [6.07, 6.45) is 3.12. The van der Waals surface area contributed by atoms with Gasteiger partial charge in [-0.25, -0.2) is 4.79 Å². The Bertz CT molecular complexity index is 831. The van der Waals surface area contributed by atoms with Gasteiger partial charge in [0.2, 0.25) is 11.8 Å². The van der Waals surface area contributed by atoms with Gasteiger partial charge in [0.1, 0.15) is 12.1 Å². The number of H-pyrrole nitrogens is 1. The smallest absolute Gasteiger partial charge is 0.326 e. The molecule has 26 heavy (non-hydrogen) atoms. The van der Waals surface area contributed by atoms with E-state index in [2.05, 4.69) is 10.3 Å². The predicted molar refractivity (Wildman–Crippen MR) is 95.4 cm³/mol. The Labute approximate surface area is 150 Å². The van der Waals surface area contributed by atoms with E-state index in [0.29, 0.717) is 19.4 Å². The number of carboxylic acid groups (broad SMARTS) is 1. The van der Waals surface area contributed by atoms with Crippen LogP contribution in [0.4, 0.5) is 0 Å². The highest BCUT2D eigenvalue weighted by Crippen LogP contribution is 2.22. The molecule has 1 aliphatic rings. The van der Waals surface area contributed by atoms with Crippen molar-refractivity contribution >= 4 is 28.7 Å². The Kier molecular flexibility index (Phi) is 5.22. The maximum Gasteiger partial charge on any atom is 0.326 e. The molecule has 1 fully saturated rings. The van der Waals surface area contributed by atoms with E-state index in [9.17, 15) is 19.5 Å². The highest BCUT2D eigenvalue weighted by atomic mass is 16.4. The number of benzene rings is 1. The summed E-state index contributed by atoms with van der Waals surface area (Å²) in [5, 5.41) is 12.9. The highest BCUT2D eigenvalue weighted by Gasteiger charge is 2.37. The lowest BCUT2D eigenvalue weighted by atomic mass is 10.0. The van der Waals surface area contributed by atoms with Gasteiger partial charge in [-0.05, 0) is 24.5 Å². The van der Waals surface area contributed by atoms with Crippen LogP contribution in [0.2, 0.25) is 0 Å². The largest absolute Gasteiger partial charge is 0.480 e. The number of aliphatic carboxylic acids is 1. The number of fused-ring (bicyclic) bond motifs is 1. The van der Waals surface area contributed by atoms with Gasteiger partial charge in [-0.3, -0.25) is 9.59 Å². The SMILES string of the molecule is NCC(=O)N[C@@H](Cc1c[nH]c2ccccc12)C(=O)N1CCC[C@@H]1C(=O)O. The minimum atomic E-state index is -1.02. The third-order valence-electron chi connectivity index (χ3n) is 4.74. The number of likely N-dealkylation sites (tertiary alicyclic amines) is 1. The molecule has 1 aromatic heterocycles. The molecule has 2 atom stereocenters. The quantitative estimate of drug-likeness (QED) is 0.587.